The van der Waals surface area contributed by atoms with Crippen LogP contribution in [0.25, 0.3) is 0 Å². The van der Waals surface area contributed by atoms with Gasteiger partial charge in [-0.05, 0) is 48.5 Å². The van der Waals surface area contributed by atoms with Gasteiger partial charge in [-0.2, -0.15) is 24.4 Å². The zero-order valence-electron chi connectivity index (χ0n) is 16.6. The van der Waals surface area contributed by atoms with Crippen molar-refractivity contribution in [2.75, 3.05) is 24.9 Å². The van der Waals surface area contributed by atoms with Crippen LogP contribution in [-0.2, 0) is 22.4 Å². The SMILES string of the molecule is CCc1ccc(C/C=C/C(N)CS)cc1C(=O)N[C@@H](CCSC)C(=O)OC.Cl. The molecule has 0 aliphatic heterocycles. The highest BCUT2D eigenvalue weighted by molar-refractivity contribution is 7.98. The van der Waals surface area contributed by atoms with E-state index in [0.29, 0.717) is 24.2 Å². The number of methoxy groups -OCH3 is 1. The molecule has 158 valence electrons. The smallest absolute Gasteiger partial charge is 0.328 e. The first-order chi connectivity index (χ1) is 13.0. The number of rotatable bonds is 11. The number of halogens is 1. The monoisotopic (exact) mass is 446 g/mol. The Morgan fingerprint density at radius 2 is 2.11 bits per heavy atom. The molecule has 1 aromatic rings. The summed E-state index contributed by atoms with van der Waals surface area (Å²) in [7, 11) is 1.33. The van der Waals surface area contributed by atoms with Crippen LogP contribution in [0.1, 0.15) is 34.8 Å². The summed E-state index contributed by atoms with van der Waals surface area (Å²) in [6.45, 7) is 2.00. The Kier molecular flexibility index (Phi) is 14.2. The fourth-order valence-electron chi connectivity index (χ4n) is 2.57. The first-order valence-corrected chi connectivity index (χ1v) is 11.0. The van der Waals surface area contributed by atoms with Crippen LogP contribution < -0.4 is 11.1 Å². The van der Waals surface area contributed by atoms with Gasteiger partial charge in [0.15, 0.2) is 0 Å². The van der Waals surface area contributed by atoms with Crippen molar-refractivity contribution in [1.82, 2.24) is 5.32 Å². The Bertz CT molecular complexity index is 656. The molecule has 0 saturated heterocycles. The Hall–Kier alpha value is -1.15. The van der Waals surface area contributed by atoms with E-state index < -0.39 is 12.0 Å². The zero-order valence-corrected chi connectivity index (χ0v) is 19.2. The number of carbonyl (C=O) groups excluding carboxylic acids is 2. The van der Waals surface area contributed by atoms with E-state index >= 15 is 0 Å². The maximum Gasteiger partial charge on any atom is 0.328 e. The number of benzene rings is 1. The topological polar surface area (TPSA) is 81.4 Å². The molecule has 0 saturated carbocycles. The molecule has 0 bridgehead atoms. The van der Waals surface area contributed by atoms with E-state index in [4.69, 9.17) is 10.5 Å². The van der Waals surface area contributed by atoms with Gasteiger partial charge in [-0.1, -0.05) is 31.2 Å². The summed E-state index contributed by atoms with van der Waals surface area (Å²) in [5.74, 6) is 0.678. The molecule has 0 radical (unpaired) electrons. The first kappa shape index (κ1) is 26.9. The van der Waals surface area contributed by atoms with Gasteiger partial charge in [0.25, 0.3) is 5.91 Å². The normalized spacial score (nSPS) is 12.9. The van der Waals surface area contributed by atoms with Crippen LogP contribution in [0, 0.1) is 0 Å². The highest BCUT2D eigenvalue weighted by Gasteiger charge is 2.22. The second-order valence-corrected chi connectivity index (χ2v) is 7.51. The molecule has 1 unspecified atom stereocenters. The van der Waals surface area contributed by atoms with E-state index in [9.17, 15) is 9.59 Å². The fourth-order valence-corrected chi connectivity index (χ4v) is 3.17. The van der Waals surface area contributed by atoms with Crippen molar-refractivity contribution in [2.45, 2.75) is 38.3 Å². The lowest BCUT2D eigenvalue weighted by Gasteiger charge is -2.17. The van der Waals surface area contributed by atoms with Gasteiger partial charge >= 0.3 is 5.97 Å². The second kappa shape index (κ2) is 14.8. The number of nitrogens with two attached hydrogens (primary N) is 1. The van der Waals surface area contributed by atoms with Crippen LogP contribution in [0.4, 0.5) is 0 Å². The third-order valence-electron chi connectivity index (χ3n) is 4.15. The van der Waals surface area contributed by atoms with Gasteiger partial charge in [0.2, 0.25) is 0 Å². The van der Waals surface area contributed by atoms with Crippen LogP contribution in [0.5, 0.6) is 0 Å². The van der Waals surface area contributed by atoms with Crippen molar-refractivity contribution in [2.24, 2.45) is 5.73 Å². The maximum absolute atomic E-state index is 12.8. The van der Waals surface area contributed by atoms with Gasteiger partial charge in [0.05, 0.1) is 7.11 Å². The van der Waals surface area contributed by atoms with Crippen molar-refractivity contribution < 1.29 is 14.3 Å². The van der Waals surface area contributed by atoms with E-state index in [2.05, 4.69) is 17.9 Å². The number of amides is 1. The lowest BCUT2D eigenvalue weighted by molar-refractivity contribution is -0.142. The number of allylic oxidation sites excluding steroid dienone is 1. The van der Waals surface area contributed by atoms with Gasteiger partial charge in [-0.15, -0.1) is 12.4 Å². The lowest BCUT2D eigenvalue weighted by atomic mass is 9.99. The zero-order chi connectivity index (χ0) is 20.2. The number of carbonyl (C=O) groups is 2. The Balaban J connectivity index is 0.00000729. The molecule has 5 nitrogen and oxygen atoms in total. The molecule has 0 aliphatic carbocycles. The number of ether oxygens (including phenoxy) is 1. The molecule has 1 rings (SSSR count). The van der Waals surface area contributed by atoms with E-state index in [0.717, 1.165) is 23.3 Å². The molecule has 28 heavy (non-hydrogen) atoms. The van der Waals surface area contributed by atoms with Crippen molar-refractivity contribution >= 4 is 48.7 Å². The lowest BCUT2D eigenvalue weighted by Crippen LogP contribution is -2.42. The number of thioether (sulfide) groups is 1. The van der Waals surface area contributed by atoms with Crippen LogP contribution in [0.3, 0.4) is 0 Å². The number of hydrogen-bond donors (Lipinski definition) is 3. The summed E-state index contributed by atoms with van der Waals surface area (Å²) in [5, 5.41) is 2.83. The fraction of sp³-hybridized carbons (Fsp3) is 0.500. The van der Waals surface area contributed by atoms with Crippen molar-refractivity contribution in [3.05, 3.63) is 47.0 Å². The minimum Gasteiger partial charge on any atom is -0.467 e. The standard InChI is InChI=1S/C20H30N2O3S2.ClH/c1-4-15-9-8-14(6-5-7-16(21)13-26)12-17(15)19(23)22-18(10-11-27-3)20(24)25-2;/h5,7-9,12,16,18,26H,4,6,10-11,13,21H2,1-3H3,(H,22,23);1H/b7-5+;/t16?,18-;/m0./s1. The van der Waals surface area contributed by atoms with Crippen LogP contribution >= 0.6 is 36.8 Å². The largest absolute Gasteiger partial charge is 0.467 e. The van der Waals surface area contributed by atoms with Crippen molar-refractivity contribution in [1.29, 1.82) is 0 Å². The summed E-state index contributed by atoms with van der Waals surface area (Å²) < 4.78 is 4.82. The molecule has 0 aromatic heterocycles. The molecule has 0 spiro atoms. The number of esters is 1. The molecule has 0 heterocycles. The van der Waals surface area contributed by atoms with E-state index in [1.807, 2.05) is 43.5 Å². The molecule has 1 aromatic carbocycles. The number of hydrogen-bond acceptors (Lipinski definition) is 6. The summed E-state index contributed by atoms with van der Waals surface area (Å²) in [4.78, 5) is 24.8. The quantitative estimate of drug-likeness (QED) is 0.276. The molecular formula is C20H31ClN2O3S2. The number of nitrogens with one attached hydrogen (secondary N) is 1. The number of thiol groups is 1. The van der Waals surface area contributed by atoms with Gasteiger partial charge in [0.1, 0.15) is 6.04 Å². The highest BCUT2D eigenvalue weighted by atomic mass is 35.5. The average Bonchev–Trinajstić information content (AvgIpc) is 2.69. The Morgan fingerprint density at radius 3 is 2.68 bits per heavy atom. The minimum atomic E-state index is -0.642. The average molecular weight is 447 g/mol. The molecular weight excluding hydrogens is 416 g/mol. The second-order valence-electron chi connectivity index (χ2n) is 6.15. The third-order valence-corrected chi connectivity index (χ3v) is 5.21. The summed E-state index contributed by atoms with van der Waals surface area (Å²) in [6.07, 6.45) is 7.80. The van der Waals surface area contributed by atoms with Crippen LogP contribution in [0.2, 0.25) is 0 Å². The number of aryl methyl sites for hydroxylation is 1. The predicted octanol–water partition coefficient (Wildman–Crippen LogP) is 3.05. The predicted molar refractivity (Wildman–Crippen MR) is 124 cm³/mol. The third kappa shape index (κ3) is 8.90. The Morgan fingerprint density at radius 1 is 1.39 bits per heavy atom. The van der Waals surface area contributed by atoms with Crippen molar-refractivity contribution in [3.8, 4) is 0 Å². The summed E-state index contributed by atoms with van der Waals surface area (Å²) >= 11 is 5.78. The molecule has 8 heteroatoms. The molecule has 0 fully saturated rings. The van der Waals surface area contributed by atoms with E-state index in [1.165, 1.54) is 7.11 Å². The maximum atomic E-state index is 12.8. The first-order valence-electron chi connectivity index (χ1n) is 8.99. The molecule has 3 N–H and O–H groups in total. The van der Waals surface area contributed by atoms with Gasteiger partial charge < -0.3 is 15.8 Å². The minimum absolute atomic E-state index is 0. The van der Waals surface area contributed by atoms with Crippen molar-refractivity contribution in [3.63, 3.8) is 0 Å². The van der Waals surface area contributed by atoms with Gasteiger partial charge in [0, 0.05) is 17.4 Å². The Labute approximate surface area is 184 Å². The molecule has 1 amide bonds. The van der Waals surface area contributed by atoms with Crippen LogP contribution in [0.15, 0.2) is 30.4 Å². The summed E-state index contributed by atoms with van der Waals surface area (Å²) in [6, 6.07) is 5.14. The molecule has 2 atom stereocenters. The van der Waals surface area contributed by atoms with Crippen LogP contribution in [-0.4, -0.2) is 48.8 Å². The van der Waals surface area contributed by atoms with Gasteiger partial charge in [-0.3, -0.25) is 4.79 Å². The highest BCUT2D eigenvalue weighted by Crippen LogP contribution is 2.15. The van der Waals surface area contributed by atoms with Gasteiger partial charge in [-0.25, -0.2) is 4.79 Å². The summed E-state index contributed by atoms with van der Waals surface area (Å²) in [5.41, 5.74) is 8.38. The van der Waals surface area contributed by atoms with E-state index in [-0.39, 0.29) is 24.4 Å². The van der Waals surface area contributed by atoms with E-state index in [1.54, 1.807) is 11.8 Å². The molecule has 0 aliphatic rings.